The molecule has 0 radical (unpaired) electrons. The molecule has 0 bridgehead atoms. The smallest absolute Gasteiger partial charge is 0.332 e. The first kappa shape index (κ1) is 21.0. The lowest BCUT2D eigenvalue weighted by Crippen LogP contribution is -2.41. The molecule has 2 aromatic heterocycles. The first-order valence-electron chi connectivity index (χ1n) is 10.2. The van der Waals surface area contributed by atoms with Gasteiger partial charge in [-0.05, 0) is 26.8 Å². The molecule has 1 aliphatic heterocycles. The number of halogens is 1. The minimum atomic E-state index is -0.553. The van der Waals surface area contributed by atoms with Crippen molar-refractivity contribution in [2.45, 2.75) is 33.4 Å². The number of hydrazone groups is 1. The van der Waals surface area contributed by atoms with Crippen LogP contribution in [0.4, 0.5) is 10.3 Å². The van der Waals surface area contributed by atoms with Crippen LogP contribution in [0.15, 0.2) is 39.0 Å². The Balaban J connectivity index is 1.91. The van der Waals surface area contributed by atoms with Gasteiger partial charge in [0, 0.05) is 19.2 Å². The van der Waals surface area contributed by atoms with Crippen molar-refractivity contribution in [2.24, 2.45) is 12.1 Å². The highest BCUT2D eigenvalue weighted by atomic mass is 19.1. The van der Waals surface area contributed by atoms with Crippen molar-refractivity contribution in [1.82, 2.24) is 18.7 Å². The van der Waals surface area contributed by atoms with Crippen LogP contribution in [0.25, 0.3) is 11.2 Å². The number of benzene rings is 1. The Morgan fingerprint density at radius 3 is 2.68 bits per heavy atom. The summed E-state index contributed by atoms with van der Waals surface area (Å²) in [5.41, 5.74) is 0.569. The molecule has 1 aliphatic rings. The standard InChI is InChI=1S/C21H25FN6O3/c1-5-31-11-10-27-20-23-18-17(28(20)14(3)13(2)24-27)19(29)26(21(30)25(18)4)12-15-8-6-7-9-16(15)22/h6-9,14H,5,10-12H2,1-4H3. The highest BCUT2D eigenvalue weighted by Gasteiger charge is 2.30. The number of anilines is 1. The van der Waals surface area contributed by atoms with Crippen LogP contribution >= 0.6 is 0 Å². The summed E-state index contributed by atoms with van der Waals surface area (Å²) < 4.78 is 23.8. The molecule has 10 heteroatoms. The van der Waals surface area contributed by atoms with E-state index in [-0.39, 0.29) is 29.3 Å². The number of aromatic nitrogens is 4. The quantitative estimate of drug-likeness (QED) is 0.560. The Morgan fingerprint density at radius 1 is 1.23 bits per heavy atom. The van der Waals surface area contributed by atoms with E-state index in [4.69, 9.17) is 4.74 Å². The number of hydrogen-bond donors (Lipinski definition) is 0. The summed E-state index contributed by atoms with van der Waals surface area (Å²) in [6.07, 6.45) is 0. The number of hydrogen-bond acceptors (Lipinski definition) is 6. The van der Waals surface area contributed by atoms with Crippen LogP contribution in [0, 0.1) is 5.82 Å². The number of ether oxygens (including phenoxy) is 1. The molecule has 0 aliphatic carbocycles. The van der Waals surface area contributed by atoms with Crippen LogP contribution in [-0.4, -0.2) is 44.2 Å². The van der Waals surface area contributed by atoms with E-state index in [1.807, 2.05) is 20.8 Å². The highest BCUT2D eigenvalue weighted by Crippen LogP contribution is 2.29. The van der Waals surface area contributed by atoms with E-state index in [0.717, 1.165) is 10.3 Å². The van der Waals surface area contributed by atoms with E-state index in [2.05, 4.69) is 10.1 Å². The summed E-state index contributed by atoms with van der Waals surface area (Å²) in [5, 5.41) is 6.29. The normalized spacial score (nSPS) is 16.0. The molecule has 0 N–H and O–H groups in total. The first-order valence-corrected chi connectivity index (χ1v) is 10.2. The van der Waals surface area contributed by atoms with Gasteiger partial charge in [-0.25, -0.2) is 14.2 Å². The number of aryl methyl sites for hydroxylation is 1. The topological polar surface area (TPSA) is 86.7 Å². The third-order valence-electron chi connectivity index (χ3n) is 5.60. The molecule has 3 aromatic rings. The summed E-state index contributed by atoms with van der Waals surface area (Å²) in [6.45, 7) is 7.04. The van der Waals surface area contributed by atoms with Gasteiger partial charge in [-0.2, -0.15) is 10.1 Å². The Kier molecular flexibility index (Phi) is 5.48. The van der Waals surface area contributed by atoms with E-state index < -0.39 is 17.1 Å². The maximum Gasteiger partial charge on any atom is 0.332 e. The Hall–Kier alpha value is -3.27. The van der Waals surface area contributed by atoms with Crippen molar-refractivity contribution < 1.29 is 9.13 Å². The summed E-state index contributed by atoms with van der Waals surface area (Å²) in [6, 6.07) is 5.88. The average Bonchev–Trinajstić information content (AvgIpc) is 3.16. The second-order valence-electron chi connectivity index (χ2n) is 7.52. The summed E-state index contributed by atoms with van der Waals surface area (Å²) in [4.78, 5) is 31.0. The molecule has 0 amide bonds. The van der Waals surface area contributed by atoms with Crippen molar-refractivity contribution in [2.75, 3.05) is 24.8 Å². The van der Waals surface area contributed by atoms with Gasteiger partial charge < -0.3 is 4.74 Å². The van der Waals surface area contributed by atoms with Gasteiger partial charge in [0.1, 0.15) is 5.82 Å². The van der Waals surface area contributed by atoms with Crippen LogP contribution in [-0.2, 0) is 18.3 Å². The lowest BCUT2D eigenvalue weighted by atomic mass is 10.2. The van der Waals surface area contributed by atoms with Gasteiger partial charge in [0.2, 0.25) is 5.95 Å². The lowest BCUT2D eigenvalue weighted by molar-refractivity contribution is 0.153. The number of nitrogens with zero attached hydrogens (tertiary/aromatic N) is 6. The summed E-state index contributed by atoms with van der Waals surface area (Å²) >= 11 is 0. The molecule has 9 nitrogen and oxygen atoms in total. The summed E-state index contributed by atoms with van der Waals surface area (Å²) in [7, 11) is 1.56. The lowest BCUT2D eigenvalue weighted by Gasteiger charge is -2.29. The number of rotatable bonds is 6. The van der Waals surface area contributed by atoms with Gasteiger partial charge in [0.05, 0.1) is 31.4 Å². The maximum absolute atomic E-state index is 14.2. The largest absolute Gasteiger partial charge is 0.380 e. The zero-order valence-corrected chi connectivity index (χ0v) is 18.0. The third-order valence-corrected chi connectivity index (χ3v) is 5.60. The van der Waals surface area contributed by atoms with Crippen LogP contribution in [0.5, 0.6) is 0 Å². The van der Waals surface area contributed by atoms with E-state index >= 15 is 0 Å². The molecule has 0 fully saturated rings. The third kappa shape index (κ3) is 3.46. The molecule has 0 saturated heterocycles. The second-order valence-corrected chi connectivity index (χ2v) is 7.52. The summed E-state index contributed by atoms with van der Waals surface area (Å²) in [5.74, 6) is 0.00820. The van der Waals surface area contributed by atoms with Gasteiger partial charge in [-0.15, -0.1) is 0 Å². The highest BCUT2D eigenvalue weighted by molar-refractivity contribution is 5.91. The van der Waals surface area contributed by atoms with Gasteiger partial charge in [-0.1, -0.05) is 18.2 Å². The fraction of sp³-hybridized carbons (Fsp3) is 0.429. The van der Waals surface area contributed by atoms with Crippen LogP contribution < -0.4 is 16.3 Å². The van der Waals surface area contributed by atoms with Crippen LogP contribution in [0.2, 0.25) is 0 Å². The first-order chi connectivity index (χ1) is 14.8. The van der Waals surface area contributed by atoms with Gasteiger partial charge in [0.15, 0.2) is 11.2 Å². The Morgan fingerprint density at radius 2 is 1.97 bits per heavy atom. The van der Waals surface area contributed by atoms with E-state index in [9.17, 15) is 14.0 Å². The minimum Gasteiger partial charge on any atom is -0.380 e. The van der Waals surface area contributed by atoms with Crippen molar-refractivity contribution in [1.29, 1.82) is 0 Å². The zero-order chi connectivity index (χ0) is 22.3. The molecule has 164 valence electrons. The van der Waals surface area contributed by atoms with E-state index in [0.29, 0.717) is 25.7 Å². The predicted molar refractivity (Wildman–Crippen MR) is 116 cm³/mol. The Labute approximate surface area is 178 Å². The van der Waals surface area contributed by atoms with Gasteiger partial charge in [-0.3, -0.25) is 18.5 Å². The van der Waals surface area contributed by atoms with Gasteiger partial charge in [0.25, 0.3) is 5.56 Å². The van der Waals surface area contributed by atoms with Crippen molar-refractivity contribution in [3.8, 4) is 0 Å². The van der Waals surface area contributed by atoms with E-state index in [1.54, 1.807) is 34.8 Å². The molecule has 0 spiro atoms. The molecular formula is C21H25FN6O3. The van der Waals surface area contributed by atoms with Crippen molar-refractivity contribution in [3.63, 3.8) is 0 Å². The molecule has 0 saturated carbocycles. The zero-order valence-electron chi connectivity index (χ0n) is 18.0. The maximum atomic E-state index is 14.2. The number of fused-ring (bicyclic) bond motifs is 3. The van der Waals surface area contributed by atoms with Crippen molar-refractivity contribution >= 4 is 22.8 Å². The molecule has 1 aromatic carbocycles. The predicted octanol–water partition coefficient (Wildman–Crippen LogP) is 1.88. The fourth-order valence-corrected chi connectivity index (χ4v) is 3.76. The van der Waals surface area contributed by atoms with Crippen molar-refractivity contribution in [3.05, 3.63) is 56.5 Å². The molecule has 4 rings (SSSR count). The fourth-order valence-electron chi connectivity index (χ4n) is 3.76. The minimum absolute atomic E-state index is 0.163. The monoisotopic (exact) mass is 428 g/mol. The number of imidazole rings is 1. The van der Waals surface area contributed by atoms with E-state index in [1.165, 1.54) is 10.6 Å². The SMILES string of the molecule is CCOCCN1N=C(C)C(C)n2c1nc1c2c(=O)n(Cc2ccccc2F)c(=O)n1C. The molecule has 1 unspecified atom stereocenters. The molecule has 3 heterocycles. The van der Waals surface area contributed by atoms with Crippen LogP contribution in [0.1, 0.15) is 32.4 Å². The molecule has 31 heavy (non-hydrogen) atoms. The average molecular weight is 428 g/mol. The second kappa shape index (κ2) is 8.10. The molecule has 1 atom stereocenters. The molecular weight excluding hydrogens is 403 g/mol. The van der Waals surface area contributed by atoms with Gasteiger partial charge >= 0.3 is 5.69 Å². The van der Waals surface area contributed by atoms with Crippen LogP contribution in [0.3, 0.4) is 0 Å². The Bertz CT molecular complexity index is 1290.